The first-order chi connectivity index (χ1) is 10.5. The van der Waals surface area contributed by atoms with E-state index in [9.17, 15) is 9.59 Å². The average Bonchev–Trinajstić information content (AvgIpc) is 2.90. The third-order valence-corrected chi connectivity index (χ3v) is 3.96. The van der Waals surface area contributed by atoms with E-state index in [-0.39, 0.29) is 30.2 Å². The van der Waals surface area contributed by atoms with Crippen LogP contribution in [0, 0.1) is 5.92 Å². The molecule has 120 valence electrons. The second-order valence-electron chi connectivity index (χ2n) is 5.65. The van der Waals surface area contributed by atoms with Crippen LogP contribution in [0.3, 0.4) is 0 Å². The molecular formula is C17H24N2O3. The molecule has 0 saturated carbocycles. The fraction of sp³-hybridized carbons (Fsp3) is 0.529. The minimum Gasteiger partial charge on any atom is -0.494 e. The lowest BCUT2D eigenvalue weighted by Crippen LogP contribution is -2.38. The Morgan fingerprint density at radius 1 is 1.36 bits per heavy atom. The van der Waals surface area contributed by atoms with Crippen LogP contribution in [0.25, 0.3) is 0 Å². The highest BCUT2D eigenvalue weighted by atomic mass is 16.5. The molecule has 1 aliphatic rings. The van der Waals surface area contributed by atoms with Gasteiger partial charge in [0.05, 0.1) is 12.5 Å². The number of anilines is 1. The maximum Gasteiger partial charge on any atom is 0.227 e. The number of nitrogens with zero attached hydrogens (tertiary/aromatic N) is 1. The molecule has 2 amide bonds. The average molecular weight is 304 g/mol. The van der Waals surface area contributed by atoms with Crippen molar-refractivity contribution >= 4 is 17.5 Å². The molecule has 1 saturated heterocycles. The van der Waals surface area contributed by atoms with Crippen LogP contribution in [0.2, 0.25) is 0 Å². The number of nitrogens with one attached hydrogen (secondary N) is 1. The zero-order chi connectivity index (χ0) is 16.1. The Hall–Kier alpha value is -2.04. The van der Waals surface area contributed by atoms with E-state index in [2.05, 4.69) is 5.32 Å². The Balaban J connectivity index is 2.01. The van der Waals surface area contributed by atoms with Crippen molar-refractivity contribution in [2.45, 2.75) is 39.7 Å². The van der Waals surface area contributed by atoms with Crippen LogP contribution in [0.4, 0.5) is 5.69 Å². The van der Waals surface area contributed by atoms with Crippen LogP contribution in [0.15, 0.2) is 24.3 Å². The predicted octanol–water partition coefficient (Wildman–Crippen LogP) is 2.35. The van der Waals surface area contributed by atoms with Crippen LogP contribution in [0.5, 0.6) is 5.75 Å². The molecule has 1 N–H and O–H groups in total. The number of carbonyl (C=O) groups excluding carboxylic acids is 2. The molecule has 0 bridgehead atoms. The van der Waals surface area contributed by atoms with Crippen LogP contribution in [-0.2, 0) is 9.59 Å². The zero-order valence-corrected chi connectivity index (χ0v) is 13.5. The molecule has 0 aliphatic carbocycles. The van der Waals surface area contributed by atoms with E-state index in [1.165, 1.54) is 0 Å². The van der Waals surface area contributed by atoms with E-state index in [4.69, 9.17) is 4.74 Å². The monoisotopic (exact) mass is 304 g/mol. The highest BCUT2D eigenvalue weighted by Gasteiger charge is 2.35. The van der Waals surface area contributed by atoms with Crippen molar-refractivity contribution in [3.05, 3.63) is 24.3 Å². The summed E-state index contributed by atoms with van der Waals surface area (Å²) in [7, 11) is 0. The van der Waals surface area contributed by atoms with Crippen LogP contribution < -0.4 is 15.0 Å². The number of amides is 2. The lowest BCUT2D eigenvalue weighted by molar-refractivity contribution is -0.126. The first kappa shape index (κ1) is 16.3. The van der Waals surface area contributed by atoms with E-state index in [0.717, 1.165) is 17.9 Å². The Bertz CT molecular complexity index is 527. The number of hydrogen-bond acceptors (Lipinski definition) is 3. The molecule has 22 heavy (non-hydrogen) atoms. The molecule has 1 fully saturated rings. The highest BCUT2D eigenvalue weighted by Crippen LogP contribution is 2.27. The summed E-state index contributed by atoms with van der Waals surface area (Å²) in [4.78, 5) is 26.0. The lowest BCUT2D eigenvalue weighted by Gasteiger charge is -2.18. The van der Waals surface area contributed by atoms with E-state index in [1.807, 2.05) is 45.0 Å². The SMILES string of the molecule is CCOc1ccc(N2C[C@H](C(=O)N[C@@H](C)CC)CC2=O)cc1. The van der Waals surface area contributed by atoms with Gasteiger partial charge in [-0.15, -0.1) is 0 Å². The molecule has 2 rings (SSSR count). The van der Waals surface area contributed by atoms with E-state index in [0.29, 0.717) is 13.2 Å². The van der Waals surface area contributed by atoms with Crippen molar-refractivity contribution in [3.63, 3.8) is 0 Å². The second-order valence-corrected chi connectivity index (χ2v) is 5.65. The topological polar surface area (TPSA) is 58.6 Å². The summed E-state index contributed by atoms with van der Waals surface area (Å²) < 4.78 is 5.40. The molecule has 5 heteroatoms. The van der Waals surface area contributed by atoms with Crippen molar-refractivity contribution < 1.29 is 14.3 Å². The summed E-state index contributed by atoms with van der Waals surface area (Å²) in [6, 6.07) is 7.55. The number of hydrogen-bond donors (Lipinski definition) is 1. The Morgan fingerprint density at radius 3 is 2.64 bits per heavy atom. The Labute approximate surface area is 131 Å². The van der Waals surface area contributed by atoms with Crippen molar-refractivity contribution in [2.75, 3.05) is 18.1 Å². The van der Waals surface area contributed by atoms with Gasteiger partial charge in [-0.25, -0.2) is 0 Å². The second kappa shape index (κ2) is 7.29. The van der Waals surface area contributed by atoms with Crippen molar-refractivity contribution in [1.82, 2.24) is 5.32 Å². The summed E-state index contributed by atoms with van der Waals surface area (Å²) >= 11 is 0. The lowest BCUT2D eigenvalue weighted by atomic mass is 10.1. The van der Waals surface area contributed by atoms with Gasteiger partial charge in [-0.05, 0) is 44.5 Å². The minimum atomic E-state index is -0.270. The molecule has 5 nitrogen and oxygen atoms in total. The normalized spacial score (nSPS) is 19.1. The van der Waals surface area contributed by atoms with Crippen molar-refractivity contribution in [3.8, 4) is 5.75 Å². The quantitative estimate of drug-likeness (QED) is 0.877. The molecule has 0 spiro atoms. The summed E-state index contributed by atoms with van der Waals surface area (Å²) in [6.07, 6.45) is 1.16. The largest absolute Gasteiger partial charge is 0.494 e. The van der Waals surface area contributed by atoms with Crippen LogP contribution in [-0.4, -0.2) is 31.0 Å². The van der Waals surface area contributed by atoms with Gasteiger partial charge in [-0.3, -0.25) is 9.59 Å². The van der Waals surface area contributed by atoms with Gasteiger partial charge in [0.2, 0.25) is 11.8 Å². The third kappa shape index (κ3) is 3.78. The number of benzene rings is 1. The molecule has 0 unspecified atom stereocenters. The fourth-order valence-corrected chi connectivity index (χ4v) is 2.48. The van der Waals surface area contributed by atoms with E-state index >= 15 is 0 Å². The summed E-state index contributed by atoms with van der Waals surface area (Å²) in [5.74, 6) is 0.474. The van der Waals surface area contributed by atoms with Gasteiger partial charge in [-0.2, -0.15) is 0 Å². The summed E-state index contributed by atoms with van der Waals surface area (Å²) in [5, 5.41) is 2.95. The molecular weight excluding hydrogens is 280 g/mol. The number of rotatable bonds is 6. The van der Waals surface area contributed by atoms with Gasteiger partial charge in [0.15, 0.2) is 0 Å². The molecule has 2 atom stereocenters. The maximum absolute atomic E-state index is 12.2. The molecule has 1 heterocycles. The van der Waals surface area contributed by atoms with Crippen LogP contribution >= 0.6 is 0 Å². The van der Waals surface area contributed by atoms with Gasteiger partial charge < -0.3 is 15.0 Å². The molecule has 0 radical (unpaired) electrons. The Morgan fingerprint density at radius 2 is 2.05 bits per heavy atom. The van der Waals surface area contributed by atoms with Gasteiger partial charge in [0.1, 0.15) is 5.75 Å². The van der Waals surface area contributed by atoms with Gasteiger partial charge in [0.25, 0.3) is 0 Å². The standard InChI is InChI=1S/C17H24N2O3/c1-4-12(3)18-17(21)13-10-16(20)19(11-13)14-6-8-15(9-7-14)22-5-2/h6-9,12-13H,4-5,10-11H2,1-3H3,(H,18,21)/t12-,13+/m0/s1. The van der Waals surface area contributed by atoms with Gasteiger partial charge in [-0.1, -0.05) is 6.92 Å². The summed E-state index contributed by atoms with van der Waals surface area (Å²) in [5.41, 5.74) is 0.812. The number of carbonyl (C=O) groups is 2. The molecule has 1 aromatic carbocycles. The van der Waals surface area contributed by atoms with E-state index in [1.54, 1.807) is 4.90 Å². The van der Waals surface area contributed by atoms with E-state index < -0.39 is 0 Å². The van der Waals surface area contributed by atoms with Gasteiger partial charge >= 0.3 is 0 Å². The first-order valence-electron chi connectivity index (χ1n) is 7.88. The predicted molar refractivity (Wildman–Crippen MR) is 86.0 cm³/mol. The fourth-order valence-electron chi connectivity index (χ4n) is 2.48. The first-order valence-corrected chi connectivity index (χ1v) is 7.88. The minimum absolute atomic E-state index is 0.00605. The van der Waals surface area contributed by atoms with Crippen molar-refractivity contribution in [2.24, 2.45) is 5.92 Å². The number of ether oxygens (including phenoxy) is 1. The molecule has 1 aromatic rings. The van der Waals surface area contributed by atoms with Crippen LogP contribution in [0.1, 0.15) is 33.6 Å². The summed E-state index contributed by atoms with van der Waals surface area (Å²) in [6.45, 7) is 6.98. The van der Waals surface area contributed by atoms with Gasteiger partial charge in [0, 0.05) is 24.7 Å². The zero-order valence-electron chi connectivity index (χ0n) is 13.5. The highest BCUT2D eigenvalue weighted by molar-refractivity contribution is 6.00. The molecule has 0 aromatic heterocycles. The Kier molecular flexibility index (Phi) is 5.41. The third-order valence-electron chi connectivity index (χ3n) is 3.96. The maximum atomic E-state index is 12.2. The van der Waals surface area contributed by atoms with Crippen molar-refractivity contribution in [1.29, 1.82) is 0 Å². The smallest absolute Gasteiger partial charge is 0.227 e. The molecule has 1 aliphatic heterocycles.